The SMILES string of the molecule is Cc1cc(C)nc(NCC2CCN(CC(F)(F)F)CC2)n1. The van der Waals surface area contributed by atoms with E-state index in [9.17, 15) is 13.2 Å². The molecule has 2 heterocycles. The van der Waals surface area contributed by atoms with E-state index in [2.05, 4.69) is 15.3 Å². The largest absolute Gasteiger partial charge is 0.401 e. The second-order valence-corrected chi connectivity index (χ2v) is 5.69. The van der Waals surface area contributed by atoms with Crippen molar-refractivity contribution in [2.45, 2.75) is 32.9 Å². The van der Waals surface area contributed by atoms with E-state index in [-0.39, 0.29) is 0 Å². The number of nitrogens with one attached hydrogen (secondary N) is 1. The molecule has 0 unspecified atom stereocenters. The van der Waals surface area contributed by atoms with Crippen LogP contribution in [0.3, 0.4) is 0 Å². The first kappa shape index (κ1) is 16.0. The Balaban J connectivity index is 1.76. The minimum absolute atomic E-state index is 0.374. The lowest BCUT2D eigenvalue weighted by atomic mass is 9.97. The highest BCUT2D eigenvalue weighted by atomic mass is 19.4. The number of aromatic nitrogens is 2. The Labute approximate surface area is 122 Å². The topological polar surface area (TPSA) is 41.1 Å². The van der Waals surface area contributed by atoms with Gasteiger partial charge in [0.2, 0.25) is 5.95 Å². The van der Waals surface area contributed by atoms with Crippen LogP contribution in [-0.4, -0.2) is 47.2 Å². The predicted molar refractivity (Wildman–Crippen MR) is 75.2 cm³/mol. The van der Waals surface area contributed by atoms with Gasteiger partial charge < -0.3 is 5.32 Å². The van der Waals surface area contributed by atoms with Gasteiger partial charge in [0, 0.05) is 17.9 Å². The number of nitrogens with zero attached hydrogens (tertiary/aromatic N) is 3. The molecule has 118 valence electrons. The summed E-state index contributed by atoms with van der Waals surface area (Å²) in [6.45, 7) is 4.74. The molecule has 0 spiro atoms. The van der Waals surface area contributed by atoms with E-state index in [0.717, 1.165) is 24.2 Å². The third-order valence-electron chi connectivity index (χ3n) is 3.64. The summed E-state index contributed by atoms with van der Waals surface area (Å²) in [7, 11) is 0. The number of alkyl halides is 3. The lowest BCUT2D eigenvalue weighted by Crippen LogP contribution is -2.41. The van der Waals surface area contributed by atoms with E-state index in [4.69, 9.17) is 0 Å². The molecular formula is C14H21F3N4. The maximum absolute atomic E-state index is 12.3. The zero-order valence-electron chi connectivity index (χ0n) is 12.4. The monoisotopic (exact) mass is 302 g/mol. The number of aryl methyl sites for hydroxylation is 2. The number of piperidine rings is 1. The van der Waals surface area contributed by atoms with E-state index < -0.39 is 12.7 Å². The van der Waals surface area contributed by atoms with E-state index >= 15 is 0 Å². The van der Waals surface area contributed by atoms with Crippen molar-refractivity contribution in [3.8, 4) is 0 Å². The first-order valence-electron chi connectivity index (χ1n) is 7.17. The molecule has 2 rings (SSSR count). The summed E-state index contributed by atoms with van der Waals surface area (Å²) in [5.74, 6) is 0.976. The molecule has 7 heteroatoms. The summed E-state index contributed by atoms with van der Waals surface area (Å²) in [6.07, 6.45) is -2.56. The van der Waals surface area contributed by atoms with Crippen LogP contribution in [0.5, 0.6) is 0 Å². The van der Waals surface area contributed by atoms with Gasteiger partial charge in [0.25, 0.3) is 0 Å². The van der Waals surface area contributed by atoms with E-state index in [0.29, 0.717) is 31.5 Å². The molecule has 0 aliphatic carbocycles. The van der Waals surface area contributed by atoms with Crippen molar-refractivity contribution in [2.75, 3.05) is 31.5 Å². The Morgan fingerprint density at radius 2 is 1.76 bits per heavy atom. The maximum atomic E-state index is 12.3. The van der Waals surface area contributed by atoms with E-state index in [1.54, 1.807) is 0 Å². The van der Waals surface area contributed by atoms with Crippen LogP contribution in [0.15, 0.2) is 6.07 Å². The van der Waals surface area contributed by atoms with Crippen molar-refractivity contribution in [3.05, 3.63) is 17.5 Å². The number of hydrogen-bond acceptors (Lipinski definition) is 4. The molecule has 1 aromatic heterocycles. The van der Waals surface area contributed by atoms with Gasteiger partial charge in [-0.3, -0.25) is 4.90 Å². The van der Waals surface area contributed by atoms with Gasteiger partial charge in [0.15, 0.2) is 0 Å². The summed E-state index contributed by atoms with van der Waals surface area (Å²) >= 11 is 0. The van der Waals surface area contributed by atoms with Crippen LogP contribution in [0.4, 0.5) is 19.1 Å². The van der Waals surface area contributed by atoms with Gasteiger partial charge in [-0.15, -0.1) is 0 Å². The fraction of sp³-hybridized carbons (Fsp3) is 0.714. The Kier molecular flexibility index (Phi) is 5.03. The number of rotatable bonds is 4. The zero-order chi connectivity index (χ0) is 15.5. The molecule has 1 aliphatic heterocycles. The van der Waals surface area contributed by atoms with Crippen LogP contribution in [0.25, 0.3) is 0 Å². The molecule has 0 amide bonds. The first-order chi connectivity index (χ1) is 9.82. The van der Waals surface area contributed by atoms with Crippen LogP contribution in [0.2, 0.25) is 0 Å². The van der Waals surface area contributed by atoms with Gasteiger partial charge in [0.1, 0.15) is 0 Å². The molecule has 0 radical (unpaired) electrons. The van der Waals surface area contributed by atoms with Crippen molar-refractivity contribution in [1.82, 2.24) is 14.9 Å². The van der Waals surface area contributed by atoms with Crippen LogP contribution < -0.4 is 5.32 Å². The van der Waals surface area contributed by atoms with Crippen LogP contribution in [-0.2, 0) is 0 Å². The molecule has 4 nitrogen and oxygen atoms in total. The highest BCUT2D eigenvalue weighted by Gasteiger charge is 2.32. The van der Waals surface area contributed by atoms with Gasteiger partial charge >= 0.3 is 6.18 Å². The van der Waals surface area contributed by atoms with Gasteiger partial charge in [-0.2, -0.15) is 13.2 Å². The van der Waals surface area contributed by atoms with Gasteiger partial charge in [-0.1, -0.05) is 0 Å². The lowest BCUT2D eigenvalue weighted by molar-refractivity contribution is -0.148. The van der Waals surface area contributed by atoms with Crippen molar-refractivity contribution in [2.24, 2.45) is 5.92 Å². The fourth-order valence-corrected chi connectivity index (χ4v) is 2.64. The van der Waals surface area contributed by atoms with E-state index in [1.807, 2.05) is 19.9 Å². The normalized spacial score (nSPS) is 18.0. The second kappa shape index (κ2) is 6.60. The minimum Gasteiger partial charge on any atom is -0.354 e. The number of hydrogen-bond donors (Lipinski definition) is 1. The van der Waals surface area contributed by atoms with Crippen LogP contribution in [0.1, 0.15) is 24.2 Å². The van der Waals surface area contributed by atoms with Crippen molar-refractivity contribution in [3.63, 3.8) is 0 Å². The average Bonchev–Trinajstić information content (AvgIpc) is 2.35. The summed E-state index contributed by atoms with van der Waals surface area (Å²) in [6, 6.07) is 1.90. The first-order valence-corrected chi connectivity index (χ1v) is 7.17. The second-order valence-electron chi connectivity index (χ2n) is 5.69. The Bertz CT molecular complexity index is 448. The summed E-state index contributed by atoms with van der Waals surface area (Å²) in [4.78, 5) is 10.1. The molecule has 1 aliphatic rings. The molecule has 21 heavy (non-hydrogen) atoms. The van der Waals surface area contributed by atoms with E-state index in [1.165, 1.54) is 4.90 Å². The predicted octanol–water partition coefficient (Wildman–Crippen LogP) is 2.78. The number of halogens is 3. The molecule has 0 aromatic carbocycles. The van der Waals surface area contributed by atoms with Gasteiger partial charge in [0.05, 0.1) is 6.54 Å². The third-order valence-corrected chi connectivity index (χ3v) is 3.64. The lowest BCUT2D eigenvalue weighted by Gasteiger charge is -2.32. The molecule has 1 N–H and O–H groups in total. The highest BCUT2D eigenvalue weighted by Crippen LogP contribution is 2.22. The van der Waals surface area contributed by atoms with Crippen molar-refractivity contribution >= 4 is 5.95 Å². The minimum atomic E-state index is -4.10. The van der Waals surface area contributed by atoms with Crippen molar-refractivity contribution in [1.29, 1.82) is 0 Å². The molecule has 1 fully saturated rings. The van der Waals surface area contributed by atoms with Crippen LogP contribution >= 0.6 is 0 Å². The molecule has 1 saturated heterocycles. The smallest absolute Gasteiger partial charge is 0.354 e. The molecular weight excluding hydrogens is 281 g/mol. The third kappa shape index (κ3) is 5.49. The Hall–Kier alpha value is -1.37. The van der Waals surface area contributed by atoms with Gasteiger partial charge in [-0.25, -0.2) is 9.97 Å². The average molecular weight is 302 g/mol. The van der Waals surface area contributed by atoms with Crippen molar-refractivity contribution < 1.29 is 13.2 Å². The molecule has 0 saturated carbocycles. The molecule has 1 aromatic rings. The van der Waals surface area contributed by atoms with Gasteiger partial charge in [-0.05, 0) is 51.8 Å². The number of likely N-dealkylation sites (tertiary alicyclic amines) is 1. The summed E-state index contributed by atoms with van der Waals surface area (Å²) < 4.78 is 36.9. The standard InChI is InChI=1S/C14H21F3N4/c1-10-7-11(2)20-13(19-10)18-8-12-3-5-21(6-4-12)9-14(15,16)17/h7,12H,3-6,8-9H2,1-2H3,(H,18,19,20). The fourth-order valence-electron chi connectivity index (χ4n) is 2.64. The molecule has 0 atom stereocenters. The highest BCUT2D eigenvalue weighted by molar-refractivity contribution is 5.27. The molecule has 0 bridgehead atoms. The summed E-state index contributed by atoms with van der Waals surface area (Å²) in [5, 5.41) is 3.20. The number of anilines is 1. The Morgan fingerprint density at radius 1 is 1.19 bits per heavy atom. The van der Waals surface area contributed by atoms with Crippen LogP contribution in [0, 0.1) is 19.8 Å². The zero-order valence-corrected chi connectivity index (χ0v) is 12.4. The maximum Gasteiger partial charge on any atom is 0.401 e. The quantitative estimate of drug-likeness (QED) is 0.928. The Morgan fingerprint density at radius 3 is 2.29 bits per heavy atom. The summed E-state index contributed by atoms with van der Waals surface area (Å²) in [5.41, 5.74) is 1.81.